The Hall–Kier alpha value is -0.480. The Morgan fingerprint density at radius 1 is 1.32 bits per heavy atom. The highest BCUT2D eigenvalue weighted by Crippen LogP contribution is 2.45. The molecule has 3 nitrogen and oxygen atoms in total. The number of hydrogen-bond acceptors (Lipinski definition) is 3. The molecular weight excluding hydrogens is 295 g/mol. The highest BCUT2D eigenvalue weighted by Gasteiger charge is 2.42. The lowest BCUT2D eigenvalue weighted by Crippen LogP contribution is -2.41. The fourth-order valence-electron chi connectivity index (χ4n) is 2.28. The van der Waals surface area contributed by atoms with E-state index in [0.717, 1.165) is 28.9 Å². The van der Waals surface area contributed by atoms with Crippen LogP contribution < -0.4 is 20.2 Å². The number of methoxy groups -OCH3 is 1. The largest absolute Gasteiger partial charge is 0.497 e. The van der Waals surface area contributed by atoms with E-state index >= 15 is 0 Å². The first kappa shape index (κ1) is 14.9. The van der Waals surface area contributed by atoms with Crippen molar-refractivity contribution in [3.05, 3.63) is 24.3 Å². The first-order chi connectivity index (χ1) is 8.93. The van der Waals surface area contributed by atoms with Crippen LogP contribution in [0.3, 0.4) is 0 Å². The molecule has 0 radical (unpaired) electrons. The summed E-state index contributed by atoms with van der Waals surface area (Å²) in [5.74, 6) is 0.837. The van der Waals surface area contributed by atoms with Crippen molar-refractivity contribution in [2.75, 3.05) is 7.11 Å². The molecule has 1 aliphatic heterocycles. The summed E-state index contributed by atoms with van der Waals surface area (Å²) in [6, 6.07) is 7.90. The fraction of sp³-hybridized carbons (Fsp3) is 0.462. The van der Waals surface area contributed by atoms with E-state index in [1.807, 2.05) is 24.3 Å². The maximum atomic E-state index is 5.81. The van der Waals surface area contributed by atoms with Crippen LogP contribution in [0.4, 0.5) is 0 Å². The van der Waals surface area contributed by atoms with Gasteiger partial charge in [0.2, 0.25) is 0 Å². The molecule has 104 valence electrons. The zero-order chi connectivity index (χ0) is 14.1. The minimum atomic E-state index is -2.02. The van der Waals surface area contributed by atoms with Gasteiger partial charge in [-0.25, -0.2) is 0 Å². The number of thiocarbonyl (C=S) groups is 1. The lowest BCUT2D eigenvalue weighted by molar-refractivity contribution is 0.415. The van der Waals surface area contributed by atoms with Gasteiger partial charge in [-0.1, -0.05) is 37.4 Å². The summed E-state index contributed by atoms with van der Waals surface area (Å²) in [5, 5.41) is 8.03. The van der Waals surface area contributed by atoms with Crippen LogP contribution in [-0.2, 0) is 11.8 Å². The molecule has 0 amide bonds. The lowest BCUT2D eigenvalue weighted by Gasteiger charge is -2.24. The van der Waals surface area contributed by atoms with Crippen molar-refractivity contribution < 1.29 is 4.74 Å². The molecule has 1 fully saturated rings. The van der Waals surface area contributed by atoms with Crippen LogP contribution in [0, 0.1) is 0 Å². The van der Waals surface area contributed by atoms with Gasteiger partial charge < -0.3 is 9.82 Å². The maximum Gasteiger partial charge on any atom is 0.126 e. The second-order valence-corrected chi connectivity index (χ2v) is 9.18. The molecule has 19 heavy (non-hydrogen) atoms. The Kier molecular flexibility index (Phi) is 4.31. The van der Waals surface area contributed by atoms with Gasteiger partial charge in [0.15, 0.2) is 0 Å². The second kappa shape index (κ2) is 5.49. The van der Waals surface area contributed by atoms with E-state index in [0.29, 0.717) is 0 Å². The van der Waals surface area contributed by atoms with Crippen LogP contribution in [-0.4, -0.2) is 17.6 Å². The van der Waals surface area contributed by atoms with Crippen LogP contribution in [0.25, 0.3) is 0 Å². The van der Waals surface area contributed by atoms with Gasteiger partial charge in [0, 0.05) is 5.30 Å². The molecule has 6 heteroatoms. The van der Waals surface area contributed by atoms with Crippen molar-refractivity contribution in [1.29, 1.82) is 0 Å². The molecule has 0 aliphatic carbocycles. The van der Waals surface area contributed by atoms with Gasteiger partial charge in [-0.05, 0) is 37.6 Å². The quantitative estimate of drug-likeness (QED) is 0.660. The summed E-state index contributed by atoms with van der Waals surface area (Å²) in [4.78, 5) is 0.841. The topological polar surface area (TPSA) is 33.3 Å². The average molecular weight is 314 g/mol. The summed E-state index contributed by atoms with van der Waals surface area (Å²) >= 11 is 11.3. The summed E-state index contributed by atoms with van der Waals surface area (Å²) < 4.78 is 5.18. The average Bonchev–Trinajstić information content (AvgIpc) is 2.61. The van der Waals surface area contributed by atoms with Crippen molar-refractivity contribution in [1.82, 2.24) is 10.2 Å². The van der Waals surface area contributed by atoms with Gasteiger partial charge >= 0.3 is 0 Å². The molecule has 1 aromatic rings. The second-order valence-electron chi connectivity index (χ2n) is 4.94. The Labute approximate surface area is 125 Å². The third-order valence-electron chi connectivity index (χ3n) is 3.35. The first-order valence-corrected chi connectivity index (χ1v) is 9.51. The van der Waals surface area contributed by atoms with E-state index in [1.165, 1.54) is 0 Å². The van der Waals surface area contributed by atoms with E-state index in [2.05, 4.69) is 24.0 Å². The lowest BCUT2D eigenvalue weighted by atomic mass is 9.98. The summed E-state index contributed by atoms with van der Waals surface area (Å²) in [6.45, 7) is 4.29. The van der Waals surface area contributed by atoms with E-state index in [1.54, 1.807) is 7.11 Å². The Balaban J connectivity index is 2.29. The SMILES string of the molecule is CCC[C@@]1(C)NP(=S)(c2ccc(OC)cc2)NC1=S. The zero-order valence-electron chi connectivity index (χ0n) is 11.4. The zero-order valence-corrected chi connectivity index (χ0v) is 13.9. The molecule has 1 unspecified atom stereocenters. The van der Waals surface area contributed by atoms with Crippen molar-refractivity contribution in [2.24, 2.45) is 0 Å². The predicted octanol–water partition coefficient (Wildman–Crippen LogP) is 2.71. The van der Waals surface area contributed by atoms with E-state index in [9.17, 15) is 0 Å². The highest BCUT2D eigenvalue weighted by molar-refractivity contribution is 8.17. The number of benzene rings is 1. The van der Waals surface area contributed by atoms with E-state index in [4.69, 9.17) is 28.8 Å². The Bertz CT molecular complexity index is 532. The van der Waals surface area contributed by atoms with Gasteiger partial charge in [-0.2, -0.15) is 0 Å². The van der Waals surface area contributed by atoms with Crippen LogP contribution in [0.15, 0.2) is 24.3 Å². The maximum absolute atomic E-state index is 5.81. The highest BCUT2D eigenvalue weighted by atomic mass is 32.4. The number of nitrogens with one attached hydrogen (secondary N) is 2. The van der Waals surface area contributed by atoms with Gasteiger partial charge in [-0.15, -0.1) is 0 Å². The third kappa shape index (κ3) is 2.84. The van der Waals surface area contributed by atoms with Crippen LogP contribution in [0.1, 0.15) is 26.7 Å². The first-order valence-electron chi connectivity index (χ1n) is 6.30. The van der Waals surface area contributed by atoms with Gasteiger partial charge in [0.05, 0.1) is 12.6 Å². The third-order valence-corrected chi connectivity index (χ3v) is 7.61. The van der Waals surface area contributed by atoms with Gasteiger partial charge in [-0.3, -0.25) is 5.09 Å². The van der Waals surface area contributed by atoms with Crippen molar-refractivity contribution in [3.8, 4) is 5.75 Å². The van der Waals surface area contributed by atoms with Gasteiger partial charge in [0.1, 0.15) is 17.1 Å². The van der Waals surface area contributed by atoms with Gasteiger partial charge in [0.25, 0.3) is 0 Å². The minimum absolute atomic E-state index is 0.181. The Morgan fingerprint density at radius 3 is 2.47 bits per heavy atom. The van der Waals surface area contributed by atoms with E-state index in [-0.39, 0.29) is 5.54 Å². The summed E-state index contributed by atoms with van der Waals surface area (Å²) in [5.41, 5.74) is -0.181. The minimum Gasteiger partial charge on any atom is -0.497 e. The molecule has 0 aromatic heterocycles. The molecule has 0 spiro atoms. The van der Waals surface area contributed by atoms with Crippen molar-refractivity contribution in [3.63, 3.8) is 0 Å². The van der Waals surface area contributed by atoms with Crippen LogP contribution in [0.5, 0.6) is 5.75 Å². The molecule has 1 aliphatic rings. The standard InChI is InChI=1S/C13H19N2OPS2/c1-4-9-13(2)12(18)14-17(19,15-13)11-7-5-10(16-3)6-8-11/h5-8H,4,9H2,1-3H3,(H2,14,15,18,19)/t13-,17?/m1/s1. The normalized spacial score (nSPS) is 30.2. The monoisotopic (exact) mass is 314 g/mol. The fourth-order valence-corrected chi connectivity index (χ4v) is 6.67. The molecule has 0 saturated carbocycles. The van der Waals surface area contributed by atoms with Crippen molar-refractivity contribution in [2.45, 2.75) is 32.2 Å². The number of hydrogen-bond donors (Lipinski definition) is 2. The molecule has 1 aromatic carbocycles. The molecule has 0 bridgehead atoms. The Morgan fingerprint density at radius 2 is 1.95 bits per heavy atom. The molecule has 2 atom stereocenters. The summed E-state index contributed by atoms with van der Waals surface area (Å²) in [7, 11) is 1.66. The molecule has 2 N–H and O–H groups in total. The number of rotatable bonds is 4. The molecule has 2 rings (SSSR count). The summed E-state index contributed by atoms with van der Waals surface area (Å²) in [6.07, 6.45) is 0.0426. The van der Waals surface area contributed by atoms with Crippen LogP contribution >= 0.6 is 18.6 Å². The number of ether oxygens (including phenoxy) is 1. The predicted molar refractivity (Wildman–Crippen MR) is 89.1 cm³/mol. The smallest absolute Gasteiger partial charge is 0.126 e. The van der Waals surface area contributed by atoms with Crippen LogP contribution in [0.2, 0.25) is 0 Å². The molecular formula is C13H19N2OPS2. The molecule has 1 saturated heterocycles. The van der Waals surface area contributed by atoms with E-state index < -0.39 is 6.34 Å². The van der Waals surface area contributed by atoms with Crippen molar-refractivity contribution >= 4 is 40.7 Å². The molecule has 1 heterocycles.